The summed E-state index contributed by atoms with van der Waals surface area (Å²) in [6.07, 6.45) is 1.19. The Morgan fingerprint density at radius 1 is 1.04 bits per heavy atom. The number of benzene rings is 1. The Labute approximate surface area is 149 Å². The van der Waals surface area contributed by atoms with Gasteiger partial charge in [-0.25, -0.2) is 26.7 Å². The van der Waals surface area contributed by atoms with Gasteiger partial charge in [0.05, 0.1) is 0 Å². The monoisotopic (exact) mass is 460 g/mol. The molecule has 1 aliphatic carbocycles. The second-order valence-electron chi connectivity index (χ2n) is 5.76. The molecule has 2 rings (SSSR count). The molecule has 0 radical (unpaired) electrons. The van der Waals surface area contributed by atoms with E-state index in [-0.39, 0.29) is 5.92 Å². The SMILES string of the molecule is CC(C)C1=C(I)[C@H](OC(=O)c2c(F)c(F)c(F)c(F)c2F)CCC1. The molecular formula is C16H14F5IO2. The number of hydrogen-bond donors (Lipinski definition) is 0. The van der Waals surface area contributed by atoms with Gasteiger partial charge in [0.2, 0.25) is 5.82 Å². The maximum absolute atomic E-state index is 13.7. The van der Waals surface area contributed by atoms with Crippen molar-refractivity contribution >= 4 is 28.6 Å². The standard InChI is InChI=1S/C16H14F5IO2/c1-6(2)7-4-3-5-8(15(7)22)24-16(23)9-10(17)12(19)14(21)13(20)11(9)18/h6,8H,3-5H2,1-2H3/t8-/m1/s1. The van der Waals surface area contributed by atoms with Crippen molar-refractivity contribution in [1.82, 2.24) is 0 Å². The van der Waals surface area contributed by atoms with Crippen LogP contribution in [-0.2, 0) is 4.74 Å². The van der Waals surface area contributed by atoms with Crippen molar-refractivity contribution < 1.29 is 31.5 Å². The van der Waals surface area contributed by atoms with Crippen LogP contribution >= 0.6 is 22.6 Å². The van der Waals surface area contributed by atoms with Crippen molar-refractivity contribution in [2.45, 2.75) is 39.2 Å². The molecule has 0 unspecified atom stereocenters. The van der Waals surface area contributed by atoms with Gasteiger partial charge in [0.25, 0.3) is 0 Å². The highest BCUT2D eigenvalue weighted by Gasteiger charge is 2.33. The fourth-order valence-corrected chi connectivity index (χ4v) is 3.91. The van der Waals surface area contributed by atoms with E-state index in [1.165, 1.54) is 0 Å². The van der Waals surface area contributed by atoms with Crippen LogP contribution in [-0.4, -0.2) is 12.1 Å². The average Bonchev–Trinajstić information content (AvgIpc) is 2.53. The largest absolute Gasteiger partial charge is 0.453 e. The molecule has 1 aliphatic rings. The Hall–Kier alpha value is -1.19. The third-order valence-corrected chi connectivity index (χ3v) is 5.25. The smallest absolute Gasteiger partial charge is 0.345 e. The quantitative estimate of drug-likeness (QED) is 0.198. The van der Waals surface area contributed by atoms with Gasteiger partial charge in [-0.1, -0.05) is 19.4 Å². The van der Waals surface area contributed by atoms with Gasteiger partial charge in [-0.3, -0.25) is 0 Å². The Morgan fingerprint density at radius 3 is 2.04 bits per heavy atom. The van der Waals surface area contributed by atoms with Crippen LogP contribution in [0.1, 0.15) is 43.5 Å². The van der Waals surface area contributed by atoms with Crippen molar-refractivity contribution in [3.05, 3.63) is 43.8 Å². The summed E-state index contributed by atoms with van der Waals surface area (Å²) in [5.74, 6) is -12.4. The van der Waals surface area contributed by atoms with E-state index in [1.807, 2.05) is 36.4 Å². The molecule has 8 heteroatoms. The number of hydrogen-bond acceptors (Lipinski definition) is 2. The molecule has 24 heavy (non-hydrogen) atoms. The first-order valence-electron chi connectivity index (χ1n) is 7.27. The summed E-state index contributed by atoms with van der Waals surface area (Å²) in [5, 5.41) is 0. The van der Waals surface area contributed by atoms with Gasteiger partial charge < -0.3 is 4.74 Å². The Bertz CT molecular complexity index is 686. The Balaban J connectivity index is 2.36. The molecule has 0 heterocycles. The third kappa shape index (κ3) is 3.43. The van der Waals surface area contributed by atoms with Crippen LogP contribution in [0.25, 0.3) is 0 Å². The zero-order valence-electron chi connectivity index (χ0n) is 12.9. The van der Waals surface area contributed by atoms with Crippen LogP contribution in [0.4, 0.5) is 22.0 Å². The molecular weight excluding hydrogens is 446 g/mol. The average molecular weight is 460 g/mol. The lowest BCUT2D eigenvalue weighted by Crippen LogP contribution is -2.25. The van der Waals surface area contributed by atoms with Gasteiger partial charge >= 0.3 is 5.97 Å². The number of halogens is 6. The van der Waals surface area contributed by atoms with E-state index in [0.29, 0.717) is 12.8 Å². The molecule has 2 nitrogen and oxygen atoms in total. The van der Waals surface area contributed by atoms with Crippen molar-refractivity contribution in [3.8, 4) is 0 Å². The molecule has 0 bridgehead atoms. The van der Waals surface area contributed by atoms with Gasteiger partial charge in [-0.05, 0) is 47.8 Å². The number of carbonyl (C=O) groups is 1. The second kappa shape index (κ2) is 7.37. The predicted octanol–water partition coefficient (Wildman–Crippen LogP) is 5.44. The van der Waals surface area contributed by atoms with Crippen molar-refractivity contribution in [2.24, 2.45) is 5.92 Å². The number of rotatable bonds is 3. The summed E-state index contributed by atoms with van der Waals surface area (Å²) in [4.78, 5) is 12.0. The molecule has 0 saturated heterocycles. The fraction of sp³-hybridized carbons (Fsp3) is 0.438. The summed E-state index contributed by atoms with van der Waals surface area (Å²) in [5.41, 5.74) is -0.510. The Kier molecular flexibility index (Phi) is 5.87. The predicted molar refractivity (Wildman–Crippen MR) is 85.2 cm³/mol. The van der Waals surface area contributed by atoms with Gasteiger partial charge in [-0.2, -0.15) is 0 Å². The van der Waals surface area contributed by atoms with Gasteiger partial charge in [0, 0.05) is 3.58 Å². The summed E-state index contributed by atoms with van der Waals surface area (Å²) in [7, 11) is 0. The minimum Gasteiger partial charge on any atom is -0.453 e. The first kappa shape index (κ1) is 19.1. The number of allylic oxidation sites excluding steroid dienone is 1. The molecule has 1 atom stereocenters. The van der Waals surface area contributed by atoms with E-state index in [4.69, 9.17) is 4.74 Å². The third-order valence-electron chi connectivity index (χ3n) is 3.86. The second-order valence-corrected chi connectivity index (χ2v) is 6.92. The van der Waals surface area contributed by atoms with Gasteiger partial charge in [0.15, 0.2) is 23.3 Å². The van der Waals surface area contributed by atoms with E-state index >= 15 is 0 Å². The maximum atomic E-state index is 13.7. The number of esters is 1. The van der Waals surface area contributed by atoms with Crippen LogP contribution in [0.5, 0.6) is 0 Å². The molecule has 0 fully saturated rings. The molecule has 0 amide bonds. The first-order chi connectivity index (χ1) is 11.2. The lowest BCUT2D eigenvalue weighted by molar-refractivity contribution is 0.0347. The molecule has 0 saturated carbocycles. The molecule has 0 aromatic heterocycles. The van der Waals surface area contributed by atoms with Crippen molar-refractivity contribution in [2.75, 3.05) is 0 Å². The minimum absolute atomic E-state index is 0.201. The number of carbonyl (C=O) groups excluding carboxylic acids is 1. The van der Waals surface area contributed by atoms with E-state index in [2.05, 4.69) is 0 Å². The zero-order valence-corrected chi connectivity index (χ0v) is 15.0. The number of ether oxygens (including phenoxy) is 1. The van der Waals surface area contributed by atoms with E-state index < -0.39 is 46.7 Å². The summed E-state index contributed by atoms with van der Waals surface area (Å²) in [6.45, 7) is 3.92. The summed E-state index contributed by atoms with van der Waals surface area (Å²) in [6, 6.07) is 0. The summed E-state index contributed by atoms with van der Waals surface area (Å²) >= 11 is 1.99. The normalized spacial score (nSPS) is 18.3. The van der Waals surface area contributed by atoms with Crippen LogP contribution in [0.15, 0.2) is 9.15 Å². The van der Waals surface area contributed by atoms with E-state index in [9.17, 15) is 26.7 Å². The fourth-order valence-electron chi connectivity index (χ4n) is 2.58. The Morgan fingerprint density at radius 2 is 1.54 bits per heavy atom. The van der Waals surface area contributed by atoms with Gasteiger partial charge in [-0.15, -0.1) is 0 Å². The molecule has 0 N–H and O–H groups in total. The summed E-state index contributed by atoms with van der Waals surface area (Å²) < 4.78 is 72.6. The maximum Gasteiger partial charge on any atom is 0.345 e. The lowest BCUT2D eigenvalue weighted by atomic mass is 9.90. The minimum atomic E-state index is -2.31. The van der Waals surface area contributed by atoms with Crippen LogP contribution in [0.2, 0.25) is 0 Å². The molecule has 1 aromatic carbocycles. The zero-order chi connectivity index (χ0) is 18.2. The lowest BCUT2D eigenvalue weighted by Gasteiger charge is -2.27. The molecule has 132 valence electrons. The highest BCUT2D eigenvalue weighted by Crippen LogP contribution is 2.36. The first-order valence-corrected chi connectivity index (χ1v) is 8.35. The van der Waals surface area contributed by atoms with E-state index in [1.54, 1.807) is 0 Å². The van der Waals surface area contributed by atoms with E-state index in [0.717, 1.165) is 15.6 Å². The highest BCUT2D eigenvalue weighted by molar-refractivity contribution is 14.1. The van der Waals surface area contributed by atoms with Crippen LogP contribution in [0, 0.1) is 35.0 Å². The highest BCUT2D eigenvalue weighted by atomic mass is 127. The van der Waals surface area contributed by atoms with Crippen molar-refractivity contribution in [3.63, 3.8) is 0 Å². The van der Waals surface area contributed by atoms with Crippen LogP contribution in [0.3, 0.4) is 0 Å². The van der Waals surface area contributed by atoms with Crippen molar-refractivity contribution in [1.29, 1.82) is 0 Å². The molecule has 0 spiro atoms. The molecule has 0 aliphatic heterocycles. The van der Waals surface area contributed by atoms with Gasteiger partial charge in [0.1, 0.15) is 11.7 Å². The topological polar surface area (TPSA) is 26.3 Å². The van der Waals surface area contributed by atoms with Crippen LogP contribution < -0.4 is 0 Å². The molecule has 1 aromatic rings.